The number of hydrogen-bond donors (Lipinski definition) is 0. The number of hydrogen-bond acceptors (Lipinski definition) is 2. The molecular formula is C8H6OS. The number of ketones is 1. The zero-order valence-corrected chi connectivity index (χ0v) is 6.15. The maximum absolute atomic E-state index is 11.1. The quantitative estimate of drug-likeness (QED) is 0.554. The molecule has 0 aliphatic heterocycles. The highest BCUT2D eigenvalue weighted by Gasteiger charge is 2.12. The summed E-state index contributed by atoms with van der Waals surface area (Å²) in [7, 11) is 0. The number of thiophene rings is 1. The van der Waals surface area contributed by atoms with Crippen LogP contribution in [0.25, 0.3) is 6.08 Å². The minimum Gasteiger partial charge on any atom is -0.294 e. The molecule has 0 atom stereocenters. The lowest BCUT2D eigenvalue weighted by Gasteiger charge is -2.00. The van der Waals surface area contributed by atoms with E-state index in [2.05, 4.69) is 0 Å². The Bertz CT molecular complexity index is 296. The number of rotatable bonds is 0. The molecule has 1 aliphatic carbocycles. The summed E-state index contributed by atoms with van der Waals surface area (Å²) in [6, 6.07) is 1.89. The van der Waals surface area contributed by atoms with E-state index >= 15 is 0 Å². The lowest BCUT2D eigenvalue weighted by Crippen LogP contribution is -1.99. The van der Waals surface area contributed by atoms with Gasteiger partial charge in [0, 0.05) is 16.9 Å². The molecular weight excluding hydrogens is 144 g/mol. The zero-order chi connectivity index (χ0) is 6.97. The van der Waals surface area contributed by atoms with E-state index in [1.807, 2.05) is 23.6 Å². The molecule has 0 radical (unpaired) electrons. The molecule has 0 saturated heterocycles. The van der Waals surface area contributed by atoms with Crippen molar-refractivity contribution < 1.29 is 4.79 Å². The maximum atomic E-state index is 11.1. The Hall–Kier alpha value is -0.890. The van der Waals surface area contributed by atoms with E-state index in [0.29, 0.717) is 6.42 Å². The molecule has 0 aromatic carbocycles. The Labute approximate surface area is 63.0 Å². The summed E-state index contributed by atoms with van der Waals surface area (Å²) in [6.45, 7) is 0. The fourth-order valence-corrected chi connectivity index (χ4v) is 1.90. The first-order chi connectivity index (χ1) is 4.88. The molecule has 2 rings (SSSR count). The van der Waals surface area contributed by atoms with Crippen molar-refractivity contribution in [3.8, 4) is 0 Å². The number of fused-ring (bicyclic) bond motifs is 1. The van der Waals surface area contributed by atoms with Crippen molar-refractivity contribution in [2.45, 2.75) is 6.42 Å². The molecule has 1 aliphatic rings. The van der Waals surface area contributed by atoms with E-state index in [4.69, 9.17) is 0 Å². The Morgan fingerprint density at radius 2 is 2.40 bits per heavy atom. The lowest BCUT2D eigenvalue weighted by atomic mass is 10.0. The predicted octanol–water partition coefficient (Wildman–Crippen LogP) is 2.35. The van der Waals surface area contributed by atoms with Gasteiger partial charge in [0.2, 0.25) is 0 Å². The molecule has 0 bridgehead atoms. The SMILES string of the molecule is O=C1CC=Cc2sccc21. The Morgan fingerprint density at radius 3 is 3.20 bits per heavy atom. The van der Waals surface area contributed by atoms with Crippen molar-refractivity contribution in [3.63, 3.8) is 0 Å². The predicted molar refractivity (Wildman–Crippen MR) is 42.3 cm³/mol. The Balaban J connectivity index is 2.62. The highest BCUT2D eigenvalue weighted by molar-refractivity contribution is 7.11. The van der Waals surface area contributed by atoms with E-state index in [0.717, 1.165) is 10.4 Å². The topological polar surface area (TPSA) is 17.1 Å². The number of allylic oxidation sites excluding steroid dienone is 1. The summed E-state index contributed by atoms with van der Waals surface area (Å²) in [5, 5.41) is 1.96. The van der Waals surface area contributed by atoms with Gasteiger partial charge in [-0.15, -0.1) is 11.3 Å². The van der Waals surface area contributed by atoms with Crippen LogP contribution in [0.5, 0.6) is 0 Å². The van der Waals surface area contributed by atoms with Crippen molar-refractivity contribution in [3.05, 3.63) is 28.0 Å². The van der Waals surface area contributed by atoms with Crippen molar-refractivity contribution in [1.82, 2.24) is 0 Å². The first kappa shape index (κ1) is 5.86. The molecule has 1 aromatic rings. The van der Waals surface area contributed by atoms with E-state index in [1.54, 1.807) is 11.3 Å². The van der Waals surface area contributed by atoms with Crippen LogP contribution >= 0.6 is 11.3 Å². The second-order valence-electron chi connectivity index (χ2n) is 2.23. The average Bonchev–Trinajstić information content (AvgIpc) is 2.36. The highest BCUT2D eigenvalue weighted by Crippen LogP contribution is 2.23. The van der Waals surface area contributed by atoms with Crippen LogP contribution in [-0.4, -0.2) is 5.78 Å². The number of carbonyl (C=O) groups excluding carboxylic acids is 1. The summed E-state index contributed by atoms with van der Waals surface area (Å²) in [4.78, 5) is 12.2. The summed E-state index contributed by atoms with van der Waals surface area (Å²) >= 11 is 1.62. The fourth-order valence-electron chi connectivity index (χ4n) is 1.06. The second-order valence-corrected chi connectivity index (χ2v) is 3.18. The number of Topliss-reactive ketones (excluding diaryl/α,β-unsaturated/α-hetero) is 1. The fraction of sp³-hybridized carbons (Fsp3) is 0.125. The van der Waals surface area contributed by atoms with Gasteiger partial charge in [-0.3, -0.25) is 4.79 Å². The van der Waals surface area contributed by atoms with Crippen LogP contribution < -0.4 is 0 Å². The molecule has 1 heterocycles. The van der Waals surface area contributed by atoms with Crippen LogP contribution in [0.1, 0.15) is 21.7 Å². The molecule has 0 amide bonds. The Morgan fingerprint density at radius 1 is 1.50 bits per heavy atom. The van der Waals surface area contributed by atoms with Crippen LogP contribution in [0.2, 0.25) is 0 Å². The first-order valence-electron chi connectivity index (χ1n) is 3.15. The minimum atomic E-state index is 0.249. The van der Waals surface area contributed by atoms with Crippen LogP contribution in [0, 0.1) is 0 Å². The molecule has 0 unspecified atom stereocenters. The second kappa shape index (κ2) is 2.06. The van der Waals surface area contributed by atoms with Crippen LogP contribution in [-0.2, 0) is 0 Å². The van der Waals surface area contributed by atoms with Crippen molar-refractivity contribution >= 4 is 23.2 Å². The van der Waals surface area contributed by atoms with Crippen LogP contribution in [0.15, 0.2) is 17.5 Å². The van der Waals surface area contributed by atoms with E-state index in [1.165, 1.54) is 0 Å². The standard InChI is InChI=1S/C8H6OS/c9-7-2-1-3-8-6(7)4-5-10-8/h1,3-5H,2H2. The van der Waals surface area contributed by atoms with Gasteiger partial charge in [-0.25, -0.2) is 0 Å². The van der Waals surface area contributed by atoms with Gasteiger partial charge in [0.25, 0.3) is 0 Å². The summed E-state index contributed by atoms with van der Waals surface area (Å²) in [5.74, 6) is 0.249. The molecule has 0 N–H and O–H groups in total. The summed E-state index contributed by atoms with van der Waals surface area (Å²) < 4.78 is 0. The molecule has 1 aromatic heterocycles. The van der Waals surface area contributed by atoms with Gasteiger partial charge < -0.3 is 0 Å². The summed E-state index contributed by atoms with van der Waals surface area (Å²) in [6.07, 6.45) is 4.51. The average molecular weight is 150 g/mol. The van der Waals surface area contributed by atoms with Gasteiger partial charge >= 0.3 is 0 Å². The monoisotopic (exact) mass is 150 g/mol. The normalized spacial score (nSPS) is 15.4. The van der Waals surface area contributed by atoms with Crippen molar-refractivity contribution in [1.29, 1.82) is 0 Å². The van der Waals surface area contributed by atoms with Crippen molar-refractivity contribution in [2.75, 3.05) is 0 Å². The number of carbonyl (C=O) groups is 1. The third-order valence-electron chi connectivity index (χ3n) is 1.57. The molecule has 1 nitrogen and oxygen atoms in total. The highest BCUT2D eigenvalue weighted by atomic mass is 32.1. The van der Waals surface area contributed by atoms with Gasteiger partial charge in [-0.2, -0.15) is 0 Å². The molecule has 10 heavy (non-hydrogen) atoms. The van der Waals surface area contributed by atoms with E-state index in [-0.39, 0.29) is 5.78 Å². The van der Waals surface area contributed by atoms with Crippen LogP contribution in [0.4, 0.5) is 0 Å². The lowest BCUT2D eigenvalue weighted by molar-refractivity contribution is 0.0995. The van der Waals surface area contributed by atoms with Gasteiger partial charge in [-0.05, 0) is 17.5 Å². The third-order valence-corrected chi connectivity index (χ3v) is 2.45. The largest absolute Gasteiger partial charge is 0.294 e. The van der Waals surface area contributed by atoms with E-state index < -0.39 is 0 Å². The van der Waals surface area contributed by atoms with Gasteiger partial charge in [0.05, 0.1) is 0 Å². The Kier molecular flexibility index (Phi) is 1.21. The smallest absolute Gasteiger partial charge is 0.168 e. The summed E-state index contributed by atoms with van der Waals surface area (Å²) in [5.41, 5.74) is 0.896. The van der Waals surface area contributed by atoms with Gasteiger partial charge in [0.1, 0.15) is 0 Å². The van der Waals surface area contributed by atoms with Gasteiger partial charge in [0.15, 0.2) is 5.78 Å². The zero-order valence-electron chi connectivity index (χ0n) is 5.33. The van der Waals surface area contributed by atoms with Crippen molar-refractivity contribution in [2.24, 2.45) is 0 Å². The molecule has 50 valence electrons. The maximum Gasteiger partial charge on any atom is 0.168 e. The third kappa shape index (κ3) is 0.727. The van der Waals surface area contributed by atoms with E-state index in [9.17, 15) is 4.79 Å². The van der Waals surface area contributed by atoms with Gasteiger partial charge in [-0.1, -0.05) is 6.08 Å². The van der Waals surface area contributed by atoms with Crippen LogP contribution in [0.3, 0.4) is 0 Å². The molecule has 0 saturated carbocycles. The first-order valence-corrected chi connectivity index (χ1v) is 4.03. The molecule has 0 fully saturated rings. The molecule has 2 heteroatoms. The minimum absolute atomic E-state index is 0.249. The molecule has 0 spiro atoms.